The van der Waals surface area contributed by atoms with Crippen molar-refractivity contribution in [3.63, 3.8) is 0 Å². The molecule has 0 aliphatic carbocycles. The number of furan rings is 1. The summed E-state index contributed by atoms with van der Waals surface area (Å²) in [4.78, 5) is 2.39. The van der Waals surface area contributed by atoms with Gasteiger partial charge in [-0.05, 0) is 71.4 Å². The van der Waals surface area contributed by atoms with Gasteiger partial charge >= 0.3 is 0 Å². The van der Waals surface area contributed by atoms with Crippen LogP contribution >= 0.6 is 0 Å². The van der Waals surface area contributed by atoms with E-state index in [-0.39, 0.29) is 0 Å². The van der Waals surface area contributed by atoms with E-state index in [1.807, 2.05) is 12.1 Å². The molecule has 0 bridgehead atoms. The maximum atomic E-state index is 6.27. The van der Waals surface area contributed by atoms with Gasteiger partial charge in [-0.25, -0.2) is 0 Å². The van der Waals surface area contributed by atoms with E-state index in [0.717, 1.165) is 44.7 Å². The second-order valence-corrected chi connectivity index (χ2v) is 11.0. The number of nitrogens with zero attached hydrogens (tertiary/aromatic N) is 2. The highest BCUT2D eigenvalue weighted by molar-refractivity contribution is 6.20. The summed E-state index contributed by atoms with van der Waals surface area (Å²) in [5, 5.41) is 7.12. The van der Waals surface area contributed by atoms with E-state index in [1.165, 1.54) is 32.6 Å². The van der Waals surface area contributed by atoms with E-state index < -0.39 is 0 Å². The van der Waals surface area contributed by atoms with E-state index in [2.05, 4.69) is 155 Å². The fourth-order valence-corrected chi connectivity index (χ4v) is 6.70. The highest BCUT2D eigenvalue weighted by Crippen LogP contribution is 2.44. The minimum Gasteiger partial charge on any atom is -0.456 e. The van der Waals surface area contributed by atoms with Crippen LogP contribution in [-0.4, -0.2) is 4.57 Å². The van der Waals surface area contributed by atoms with Gasteiger partial charge in [0, 0.05) is 38.6 Å². The minimum atomic E-state index is 0.906. The first kappa shape index (κ1) is 23.9. The Morgan fingerprint density at radius 1 is 0.465 bits per heavy atom. The van der Waals surface area contributed by atoms with Crippen molar-refractivity contribution in [1.82, 2.24) is 4.57 Å². The van der Waals surface area contributed by atoms with Crippen molar-refractivity contribution in [2.75, 3.05) is 4.90 Å². The van der Waals surface area contributed by atoms with E-state index in [4.69, 9.17) is 4.42 Å². The van der Waals surface area contributed by atoms with Gasteiger partial charge in [-0.2, -0.15) is 0 Å². The lowest BCUT2D eigenvalue weighted by Gasteiger charge is -2.27. The van der Waals surface area contributed by atoms with Crippen LogP contribution in [0.5, 0.6) is 0 Å². The summed E-state index contributed by atoms with van der Waals surface area (Å²) in [6.07, 6.45) is 0. The Morgan fingerprint density at radius 3 is 2.02 bits per heavy atom. The Kier molecular flexibility index (Phi) is 5.20. The molecule has 0 aliphatic rings. The van der Waals surface area contributed by atoms with Gasteiger partial charge in [0.15, 0.2) is 0 Å². The Hall–Kier alpha value is -5.80. The zero-order chi connectivity index (χ0) is 28.3. The first-order valence-corrected chi connectivity index (χ1v) is 14.6. The van der Waals surface area contributed by atoms with Crippen molar-refractivity contribution >= 4 is 71.6 Å². The van der Waals surface area contributed by atoms with Gasteiger partial charge in [-0.3, -0.25) is 0 Å². The van der Waals surface area contributed by atoms with Crippen LogP contribution in [0.15, 0.2) is 162 Å². The lowest BCUT2D eigenvalue weighted by Crippen LogP contribution is -2.11. The summed E-state index contributed by atoms with van der Waals surface area (Å²) < 4.78 is 8.67. The number of para-hydroxylation sites is 5. The van der Waals surface area contributed by atoms with Crippen molar-refractivity contribution in [2.24, 2.45) is 0 Å². The second kappa shape index (κ2) is 9.37. The maximum absolute atomic E-state index is 6.27. The third-order valence-electron chi connectivity index (χ3n) is 8.54. The zero-order valence-electron chi connectivity index (χ0n) is 23.3. The number of hydrogen-bond donors (Lipinski definition) is 0. The largest absolute Gasteiger partial charge is 0.456 e. The van der Waals surface area contributed by atoms with Crippen molar-refractivity contribution in [3.05, 3.63) is 158 Å². The van der Waals surface area contributed by atoms with Crippen LogP contribution in [0.3, 0.4) is 0 Å². The molecule has 0 spiro atoms. The van der Waals surface area contributed by atoms with Gasteiger partial charge in [0.25, 0.3) is 0 Å². The summed E-state index contributed by atoms with van der Waals surface area (Å²) in [6, 6.07) is 56.0. The molecule has 0 fully saturated rings. The molecule has 9 rings (SSSR count). The monoisotopic (exact) mass is 550 g/mol. The van der Waals surface area contributed by atoms with Crippen molar-refractivity contribution < 1.29 is 4.42 Å². The van der Waals surface area contributed by atoms with Crippen LogP contribution in [0.25, 0.3) is 60.2 Å². The fourth-order valence-electron chi connectivity index (χ4n) is 6.70. The third kappa shape index (κ3) is 3.62. The summed E-state index contributed by atoms with van der Waals surface area (Å²) in [5.41, 5.74) is 8.62. The Labute approximate surface area is 248 Å². The van der Waals surface area contributed by atoms with Crippen LogP contribution < -0.4 is 4.90 Å². The number of aromatic nitrogens is 1. The number of rotatable bonds is 4. The molecular formula is C40H26N2O. The molecule has 2 aromatic heterocycles. The Bertz CT molecular complexity index is 2450. The molecule has 3 heteroatoms. The van der Waals surface area contributed by atoms with Gasteiger partial charge in [0.05, 0.1) is 16.7 Å². The highest BCUT2D eigenvalue weighted by Gasteiger charge is 2.22. The molecule has 0 amide bonds. The standard InChI is InChI=1S/C40H26N2O/c1-3-12-28(13-4-1)41(30-24-22-27-23-25-38-39(34(27)26-30)33-17-8-10-21-37(33)43-38)36-20-11-18-32-31-16-7-9-19-35(31)42(40(32)36)29-14-5-2-6-15-29/h1-26H. The number of hydrogen-bond acceptors (Lipinski definition) is 2. The molecule has 0 N–H and O–H groups in total. The van der Waals surface area contributed by atoms with Crippen molar-refractivity contribution in [2.45, 2.75) is 0 Å². The number of fused-ring (bicyclic) bond motifs is 8. The van der Waals surface area contributed by atoms with Gasteiger partial charge in [-0.15, -0.1) is 0 Å². The maximum Gasteiger partial charge on any atom is 0.136 e. The molecule has 3 nitrogen and oxygen atoms in total. The molecule has 43 heavy (non-hydrogen) atoms. The molecular weight excluding hydrogens is 524 g/mol. The second-order valence-electron chi connectivity index (χ2n) is 11.0. The van der Waals surface area contributed by atoms with Gasteiger partial charge < -0.3 is 13.9 Å². The predicted molar refractivity (Wildman–Crippen MR) is 180 cm³/mol. The third-order valence-corrected chi connectivity index (χ3v) is 8.54. The molecule has 9 aromatic rings. The molecule has 0 aliphatic heterocycles. The lowest BCUT2D eigenvalue weighted by atomic mass is 10.0. The summed E-state index contributed by atoms with van der Waals surface area (Å²) >= 11 is 0. The first-order valence-electron chi connectivity index (χ1n) is 14.6. The van der Waals surface area contributed by atoms with Crippen LogP contribution in [0.1, 0.15) is 0 Å². The fraction of sp³-hybridized carbons (Fsp3) is 0. The van der Waals surface area contributed by atoms with E-state index in [1.54, 1.807) is 0 Å². The van der Waals surface area contributed by atoms with Crippen molar-refractivity contribution in [3.8, 4) is 5.69 Å². The zero-order valence-corrected chi connectivity index (χ0v) is 23.3. The van der Waals surface area contributed by atoms with Gasteiger partial charge in [-0.1, -0.05) is 97.1 Å². The van der Waals surface area contributed by atoms with Crippen LogP contribution in [-0.2, 0) is 0 Å². The number of benzene rings is 7. The van der Waals surface area contributed by atoms with Crippen LogP contribution in [0.2, 0.25) is 0 Å². The van der Waals surface area contributed by atoms with Crippen molar-refractivity contribution in [1.29, 1.82) is 0 Å². The lowest BCUT2D eigenvalue weighted by molar-refractivity contribution is 0.669. The SMILES string of the molecule is c1ccc(N(c2ccc3ccc4oc5ccccc5c4c3c2)c2cccc3c4ccccc4n(-c4ccccc4)c23)cc1. The molecule has 0 unspecified atom stereocenters. The van der Waals surface area contributed by atoms with Gasteiger partial charge in [0.1, 0.15) is 11.2 Å². The Balaban J connectivity index is 1.39. The smallest absolute Gasteiger partial charge is 0.136 e. The summed E-state index contributed by atoms with van der Waals surface area (Å²) in [7, 11) is 0. The molecule has 202 valence electrons. The average Bonchev–Trinajstić information content (AvgIpc) is 3.63. The Morgan fingerprint density at radius 2 is 1.16 bits per heavy atom. The van der Waals surface area contributed by atoms with E-state index >= 15 is 0 Å². The van der Waals surface area contributed by atoms with E-state index in [0.29, 0.717) is 0 Å². The first-order chi connectivity index (χ1) is 21.3. The van der Waals surface area contributed by atoms with Crippen LogP contribution in [0.4, 0.5) is 17.1 Å². The average molecular weight is 551 g/mol. The summed E-state index contributed by atoms with van der Waals surface area (Å²) in [6.45, 7) is 0. The normalized spacial score (nSPS) is 11.7. The minimum absolute atomic E-state index is 0.906. The molecule has 2 heterocycles. The predicted octanol–water partition coefficient (Wildman–Crippen LogP) is 11.3. The summed E-state index contributed by atoms with van der Waals surface area (Å²) in [5.74, 6) is 0. The molecule has 7 aromatic carbocycles. The van der Waals surface area contributed by atoms with Crippen LogP contribution in [0, 0.1) is 0 Å². The molecule has 0 saturated carbocycles. The molecule has 0 atom stereocenters. The topological polar surface area (TPSA) is 21.3 Å². The van der Waals surface area contributed by atoms with Gasteiger partial charge in [0.2, 0.25) is 0 Å². The van der Waals surface area contributed by atoms with E-state index in [9.17, 15) is 0 Å². The molecule has 0 radical (unpaired) electrons. The highest BCUT2D eigenvalue weighted by atomic mass is 16.3. The number of anilines is 3. The molecule has 0 saturated heterocycles. The quantitative estimate of drug-likeness (QED) is 0.217.